The van der Waals surface area contributed by atoms with E-state index in [2.05, 4.69) is 10.5 Å². The van der Waals surface area contributed by atoms with Gasteiger partial charge in [-0.05, 0) is 37.3 Å². The van der Waals surface area contributed by atoms with Crippen molar-refractivity contribution < 1.29 is 19.4 Å². The minimum atomic E-state index is -1.000. The maximum Gasteiger partial charge on any atom is 0.337 e. The number of hydrogen-bond acceptors (Lipinski definition) is 5. The molecule has 2 aromatic rings. The second-order valence-corrected chi connectivity index (χ2v) is 5.02. The van der Waals surface area contributed by atoms with E-state index in [4.69, 9.17) is 14.6 Å². The van der Waals surface area contributed by atoms with Crippen molar-refractivity contribution in [2.45, 2.75) is 6.92 Å². The molecule has 0 unspecified atom stereocenters. The van der Waals surface area contributed by atoms with Crippen LogP contribution in [-0.2, 0) is 0 Å². The van der Waals surface area contributed by atoms with Crippen LogP contribution in [0.1, 0.15) is 22.8 Å². The normalized spacial score (nSPS) is 13.5. The zero-order chi connectivity index (χ0) is 16.2. The molecule has 0 fully saturated rings. The highest BCUT2D eigenvalue weighted by atomic mass is 16.6. The standard InChI is InChI=1S/C17H16N2O4/c1-11(12-6-7-15-16(10-12)23-9-8-22-15)18-19-14-5-3-2-4-13(14)17(20)21/h2-7,10,19H,8-9H2,1H3,(H,20,21)/b18-11+. The molecule has 0 radical (unpaired) electrons. The summed E-state index contributed by atoms with van der Waals surface area (Å²) in [5.74, 6) is 0.409. The molecule has 2 N–H and O–H groups in total. The van der Waals surface area contributed by atoms with Crippen molar-refractivity contribution in [3.63, 3.8) is 0 Å². The molecule has 23 heavy (non-hydrogen) atoms. The van der Waals surface area contributed by atoms with E-state index in [0.29, 0.717) is 30.4 Å². The molecule has 0 spiro atoms. The number of carbonyl (C=O) groups is 1. The van der Waals surface area contributed by atoms with Crippen LogP contribution in [-0.4, -0.2) is 30.0 Å². The highest BCUT2D eigenvalue weighted by Gasteiger charge is 2.13. The lowest BCUT2D eigenvalue weighted by Crippen LogP contribution is -2.15. The number of anilines is 1. The first kappa shape index (κ1) is 14.9. The molecule has 0 aromatic heterocycles. The number of hydrogen-bond donors (Lipinski definition) is 2. The molecular weight excluding hydrogens is 296 g/mol. The van der Waals surface area contributed by atoms with Gasteiger partial charge in [0, 0.05) is 5.56 Å². The molecule has 3 rings (SSSR count). The smallest absolute Gasteiger partial charge is 0.337 e. The monoisotopic (exact) mass is 312 g/mol. The Morgan fingerprint density at radius 2 is 1.87 bits per heavy atom. The Balaban J connectivity index is 1.82. The van der Waals surface area contributed by atoms with Crippen LogP contribution in [0.15, 0.2) is 47.6 Å². The number of ether oxygens (including phenoxy) is 2. The van der Waals surface area contributed by atoms with E-state index in [-0.39, 0.29) is 5.56 Å². The van der Waals surface area contributed by atoms with Gasteiger partial charge in [-0.2, -0.15) is 5.10 Å². The van der Waals surface area contributed by atoms with Crippen molar-refractivity contribution in [2.75, 3.05) is 18.6 Å². The lowest BCUT2D eigenvalue weighted by molar-refractivity contribution is 0.0698. The van der Waals surface area contributed by atoms with Crippen molar-refractivity contribution in [1.29, 1.82) is 0 Å². The molecule has 0 saturated heterocycles. The van der Waals surface area contributed by atoms with Crippen LogP contribution in [0.4, 0.5) is 5.69 Å². The highest BCUT2D eigenvalue weighted by Crippen LogP contribution is 2.31. The number of carboxylic acids is 1. The van der Waals surface area contributed by atoms with Crippen molar-refractivity contribution in [3.8, 4) is 11.5 Å². The van der Waals surface area contributed by atoms with Crippen LogP contribution >= 0.6 is 0 Å². The Morgan fingerprint density at radius 1 is 1.13 bits per heavy atom. The average molecular weight is 312 g/mol. The predicted molar refractivity (Wildman–Crippen MR) is 86.7 cm³/mol. The summed E-state index contributed by atoms with van der Waals surface area (Å²) in [4.78, 5) is 11.2. The van der Waals surface area contributed by atoms with Gasteiger partial charge in [0.15, 0.2) is 11.5 Å². The molecule has 0 amide bonds. The van der Waals surface area contributed by atoms with E-state index in [1.54, 1.807) is 18.2 Å². The van der Waals surface area contributed by atoms with Crippen molar-refractivity contribution >= 4 is 17.4 Å². The Labute approximate surface area is 133 Å². The van der Waals surface area contributed by atoms with Crippen LogP contribution in [0.25, 0.3) is 0 Å². The molecule has 0 saturated carbocycles. The van der Waals surface area contributed by atoms with Crippen molar-refractivity contribution in [1.82, 2.24) is 0 Å². The Hall–Kier alpha value is -3.02. The van der Waals surface area contributed by atoms with E-state index in [1.165, 1.54) is 6.07 Å². The molecule has 1 aliphatic rings. The van der Waals surface area contributed by atoms with E-state index >= 15 is 0 Å². The molecule has 1 aliphatic heterocycles. The first-order valence-electron chi connectivity index (χ1n) is 7.18. The Kier molecular flexibility index (Phi) is 4.14. The number of nitrogens with zero attached hydrogens (tertiary/aromatic N) is 1. The highest BCUT2D eigenvalue weighted by molar-refractivity contribution is 6.00. The summed E-state index contributed by atoms with van der Waals surface area (Å²) in [7, 11) is 0. The molecule has 6 nitrogen and oxygen atoms in total. The fourth-order valence-corrected chi connectivity index (χ4v) is 2.24. The van der Waals surface area contributed by atoms with Gasteiger partial charge in [0.05, 0.1) is 17.0 Å². The number of benzene rings is 2. The topological polar surface area (TPSA) is 80.2 Å². The third kappa shape index (κ3) is 3.26. The largest absolute Gasteiger partial charge is 0.486 e. The minimum Gasteiger partial charge on any atom is -0.486 e. The number of para-hydroxylation sites is 1. The molecule has 0 bridgehead atoms. The first-order valence-corrected chi connectivity index (χ1v) is 7.18. The number of aromatic carboxylic acids is 1. The van der Waals surface area contributed by atoms with Crippen molar-refractivity contribution in [3.05, 3.63) is 53.6 Å². The lowest BCUT2D eigenvalue weighted by Gasteiger charge is -2.18. The molecule has 1 heterocycles. The maximum absolute atomic E-state index is 11.2. The number of nitrogens with one attached hydrogen (secondary N) is 1. The fraction of sp³-hybridized carbons (Fsp3) is 0.176. The lowest BCUT2D eigenvalue weighted by atomic mass is 10.1. The van der Waals surface area contributed by atoms with E-state index in [1.807, 2.05) is 25.1 Å². The van der Waals surface area contributed by atoms with Crippen molar-refractivity contribution in [2.24, 2.45) is 5.10 Å². The average Bonchev–Trinajstić information content (AvgIpc) is 2.59. The van der Waals surface area contributed by atoms with Crippen LogP contribution in [0.5, 0.6) is 11.5 Å². The summed E-state index contributed by atoms with van der Waals surface area (Å²) < 4.78 is 11.0. The van der Waals surface area contributed by atoms with Gasteiger partial charge in [-0.15, -0.1) is 0 Å². The molecule has 6 heteroatoms. The van der Waals surface area contributed by atoms with Gasteiger partial charge in [0.2, 0.25) is 0 Å². The number of rotatable bonds is 4. The van der Waals surface area contributed by atoms with E-state index < -0.39 is 5.97 Å². The number of carboxylic acid groups (broad SMARTS) is 1. The number of fused-ring (bicyclic) bond motifs is 1. The SMILES string of the molecule is C/C(=N\Nc1ccccc1C(=O)O)c1ccc2c(c1)OCCO2. The van der Waals surface area contributed by atoms with Gasteiger partial charge in [0.1, 0.15) is 13.2 Å². The van der Waals surface area contributed by atoms with Gasteiger partial charge in [-0.3, -0.25) is 5.43 Å². The second kappa shape index (κ2) is 6.39. The maximum atomic E-state index is 11.2. The molecule has 0 atom stereocenters. The fourth-order valence-electron chi connectivity index (χ4n) is 2.24. The van der Waals surface area contributed by atoms with Crippen LogP contribution in [0.2, 0.25) is 0 Å². The Bertz CT molecular complexity index is 771. The summed E-state index contributed by atoms with van der Waals surface area (Å²) in [5, 5.41) is 13.4. The third-order valence-electron chi connectivity index (χ3n) is 3.46. The van der Waals surface area contributed by atoms with Crippen LogP contribution in [0.3, 0.4) is 0 Å². The van der Waals surface area contributed by atoms with Gasteiger partial charge >= 0.3 is 5.97 Å². The zero-order valence-electron chi connectivity index (χ0n) is 12.6. The van der Waals surface area contributed by atoms with E-state index in [0.717, 1.165) is 11.3 Å². The number of hydrazone groups is 1. The summed E-state index contributed by atoms with van der Waals surface area (Å²) in [6, 6.07) is 12.2. The summed E-state index contributed by atoms with van der Waals surface area (Å²) >= 11 is 0. The third-order valence-corrected chi connectivity index (χ3v) is 3.46. The zero-order valence-corrected chi connectivity index (χ0v) is 12.6. The first-order chi connectivity index (χ1) is 11.1. The molecule has 0 aliphatic carbocycles. The van der Waals surface area contributed by atoms with Gasteiger partial charge in [-0.25, -0.2) is 4.79 Å². The molecule has 118 valence electrons. The summed E-state index contributed by atoms with van der Waals surface area (Å²) in [6.45, 7) is 2.91. The van der Waals surface area contributed by atoms with Gasteiger partial charge in [-0.1, -0.05) is 12.1 Å². The minimum absolute atomic E-state index is 0.172. The summed E-state index contributed by atoms with van der Waals surface area (Å²) in [6.07, 6.45) is 0. The van der Waals surface area contributed by atoms with E-state index in [9.17, 15) is 4.79 Å². The van der Waals surface area contributed by atoms with Crippen LogP contribution < -0.4 is 14.9 Å². The molecular formula is C17H16N2O4. The molecule has 2 aromatic carbocycles. The Morgan fingerprint density at radius 3 is 2.65 bits per heavy atom. The van der Waals surface area contributed by atoms with Gasteiger partial charge < -0.3 is 14.6 Å². The quantitative estimate of drug-likeness (QED) is 0.670. The summed E-state index contributed by atoms with van der Waals surface area (Å²) in [5.41, 5.74) is 5.00. The van der Waals surface area contributed by atoms with Gasteiger partial charge in [0.25, 0.3) is 0 Å². The predicted octanol–water partition coefficient (Wildman–Crippen LogP) is 2.99. The second-order valence-electron chi connectivity index (χ2n) is 5.02. The van der Waals surface area contributed by atoms with Crippen LogP contribution in [0, 0.1) is 0 Å².